The van der Waals surface area contributed by atoms with E-state index in [1.54, 1.807) is 11.8 Å². The molecule has 3 aromatic carbocycles. The van der Waals surface area contributed by atoms with Gasteiger partial charge in [0.05, 0.1) is 12.2 Å². The highest BCUT2D eigenvalue weighted by Gasteiger charge is 2.14. The predicted molar refractivity (Wildman–Crippen MR) is 104 cm³/mol. The first-order chi connectivity index (χ1) is 12.8. The van der Waals surface area contributed by atoms with E-state index < -0.39 is 0 Å². The number of hydrogen-bond acceptors (Lipinski definition) is 5. The molecule has 0 N–H and O–H groups in total. The van der Waals surface area contributed by atoms with Gasteiger partial charge in [-0.15, -0.1) is 10.2 Å². The minimum absolute atomic E-state index is 0.481. The Morgan fingerprint density at radius 3 is 2.65 bits per heavy atom. The van der Waals surface area contributed by atoms with E-state index in [1.807, 2.05) is 31.2 Å². The molecular formula is C21H18N2O2S. The second-order valence-electron chi connectivity index (χ2n) is 5.73. The van der Waals surface area contributed by atoms with Gasteiger partial charge in [0.2, 0.25) is 0 Å². The Kier molecular flexibility index (Phi) is 4.88. The van der Waals surface area contributed by atoms with Gasteiger partial charge in [0.25, 0.3) is 11.1 Å². The third kappa shape index (κ3) is 3.44. The van der Waals surface area contributed by atoms with Gasteiger partial charge in [0.1, 0.15) is 5.75 Å². The van der Waals surface area contributed by atoms with Gasteiger partial charge in [0, 0.05) is 5.75 Å². The van der Waals surface area contributed by atoms with Crippen LogP contribution in [-0.2, 0) is 5.75 Å². The number of fused-ring (bicyclic) bond motifs is 1. The summed E-state index contributed by atoms with van der Waals surface area (Å²) in [6.07, 6.45) is 0. The van der Waals surface area contributed by atoms with Gasteiger partial charge in [-0.1, -0.05) is 66.4 Å². The van der Waals surface area contributed by atoms with E-state index in [4.69, 9.17) is 9.15 Å². The molecule has 0 bridgehead atoms. The van der Waals surface area contributed by atoms with E-state index in [9.17, 15) is 0 Å². The Balaban J connectivity index is 1.54. The molecule has 0 fully saturated rings. The molecule has 26 heavy (non-hydrogen) atoms. The second-order valence-corrected chi connectivity index (χ2v) is 6.66. The van der Waals surface area contributed by atoms with Crippen LogP contribution >= 0.6 is 11.8 Å². The summed E-state index contributed by atoms with van der Waals surface area (Å²) >= 11 is 1.54. The molecule has 0 saturated heterocycles. The lowest BCUT2D eigenvalue weighted by molar-refractivity contribution is 0.340. The predicted octanol–water partition coefficient (Wildman–Crippen LogP) is 5.58. The van der Waals surface area contributed by atoms with Crippen LogP contribution in [0.25, 0.3) is 22.2 Å². The van der Waals surface area contributed by atoms with Gasteiger partial charge in [-0.3, -0.25) is 0 Å². The van der Waals surface area contributed by atoms with Crippen molar-refractivity contribution >= 4 is 22.5 Å². The van der Waals surface area contributed by atoms with Crippen LogP contribution in [0.3, 0.4) is 0 Å². The number of hydrogen-bond donors (Lipinski definition) is 0. The maximum atomic E-state index is 5.85. The number of para-hydroxylation sites is 1. The summed E-state index contributed by atoms with van der Waals surface area (Å²) in [6.45, 7) is 2.55. The minimum atomic E-state index is 0.481. The van der Waals surface area contributed by atoms with E-state index in [0.717, 1.165) is 17.1 Å². The van der Waals surface area contributed by atoms with Crippen LogP contribution in [0.15, 0.2) is 76.4 Å². The summed E-state index contributed by atoms with van der Waals surface area (Å²) in [7, 11) is 0. The van der Waals surface area contributed by atoms with E-state index in [-0.39, 0.29) is 0 Å². The Labute approximate surface area is 156 Å². The molecule has 5 heteroatoms. The molecule has 130 valence electrons. The number of rotatable bonds is 6. The molecule has 4 aromatic rings. The van der Waals surface area contributed by atoms with Crippen molar-refractivity contribution in [1.82, 2.24) is 10.2 Å². The summed E-state index contributed by atoms with van der Waals surface area (Å²) in [5.41, 5.74) is 2.07. The van der Waals surface area contributed by atoms with Gasteiger partial charge >= 0.3 is 0 Å². The van der Waals surface area contributed by atoms with Crippen molar-refractivity contribution in [1.29, 1.82) is 0 Å². The van der Waals surface area contributed by atoms with E-state index >= 15 is 0 Å². The molecule has 0 aliphatic rings. The molecule has 0 amide bonds. The lowest BCUT2D eigenvalue weighted by Gasteiger charge is -2.06. The van der Waals surface area contributed by atoms with Crippen LogP contribution in [0.4, 0.5) is 0 Å². The first-order valence-electron chi connectivity index (χ1n) is 8.50. The normalized spacial score (nSPS) is 11.0. The number of aromatic nitrogens is 2. The highest BCUT2D eigenvalue weighted by atomic mass is 32.2. The Morgan fingerprint density at radius 2 is 1.73 bits per heavy atom. The van der Waals surface area contributed by atoms with Gasteiger partial charge in [0.15, 0.2) is 0 Å². The van der Waals surface area contributed by atoms with Crippen LogP contribution in [0, 0.1) is 0 Å². The summed E-state index contributed by atoms with van der Waals surface area (Å²) < 4.78 is 11.5. The molecule has 1 heterocycles. The van der Waals surface area contributed by atoms with Gasteiger partial charge in [-0.05, 0) is 35.4 Å². The maximum absolute atomic E-state index is 5.85. The number of thioether (sulfide) groups is 1. The lowest BCUT2D eigenvalue weighted by atomic mass is 10.1. The van der Waals surface area contributed by atoms with Gasteiger partial charge in [-0.25, -0.2) is 0 Å². The third-order valence-corrected chi connectivity index (χ3v) is 4.92. The summed E-state index contributed by atoms with van der Waals surface area (Å²) in [5.74, 6) is 2.01. The summed E-state index contributed by atoms with van der Waals surface area (Å²) in [4.78, 5) is 0. The minimum Gasteiger partial charge on any atom is -0.493 e. The van der Waals surface area contributed by atoms with Crippen molar-refractivity contribution in [3.05, 3.63) is 72.3 Å². The van der Waals surface area contributed by atoms with Crippen LogP contribution in [-0.4, -0.2) is 16.8 Å². The summed E-state index contributed by atoms with van der Waals surface area (Å²) in [6, 6.07) is 22.4. The first-order valence-corrected chi connectivity index (χ1v) is 9.49. The smallest absolute Gasteiger partial charge is 0.277 e. The maximum Gasteiger partial charge on any atom is 0.277 e. The van der Waals surface area contributed by atoms with Crippen molar-refractivity contribution in [2.24, 2.45) is 0 Å². The quantitative estimate of drug-likeness (QED) is 0.419. The van der Waals surface area contributed by atoms with Crippen LogP contribution in [0.1, 0.15) is 12.5 Å². The molecule has 0 saturated carbocycles. The standard InChI is InChI=1S/C21H18N2O2S/c1-2-24-19-13-6-5-12-18(19)20-22-23-21(25-20)26-14-16-10-7-9-15-8-3-4-11-17(15)16/h3-13H,2,14H2,1H3. The third-order valence-electron chi connectivity index (χ3n) is 4.05. The molecule has 0 unspecified atom stereocenters. The number of nitrogens with zero attached hydrogens (tertiary/aromatic N) is 2. The molecule has 0 aliphatic heterocycles. The second kappa shape index (κ2) is 7.62. The lowest BCUT2D eigenvalue weighted by Crippen LogP contribution is -1.93. The first kappa shape index (κ1) is 16.7. The van der Waals surface area contributed by atoms with Crippen molar-refractivity contribution in [3.8, 4) is 17.2 Å². The summed E-state index contributed by atoms with van der Waals surface area (Å²) in [5, 5.41) is 11.4. The molecule has 0 radical (unpaired) electrons. The van der Waals surface area contributed by atoms with Crippen molar-refractivity contribution < 1.29 is 9.15 Å². The largest absolute Gasteiger partial charge is 0.493 e. The van der Waals surface area contributed by atoms with Crippen molar-refractivity contribution in [2.45, 2.75) is 17.9 Å². The Hall–Kier alpha value is -2.79. The number of benzene rings is 3. The molecular weight excluding hydrogens is 344 g/mol. The van der Waals surface area contributed by atoms with Crippen LogP contribution in [0.5, 0.6) is 5.75 Å². The van der Waals surface area contributed by atoms with Crippen molar-refractivity contribution in [2.75, 3.05) is 6.61 Å². The van der Waals surface area contributed by atoms with Crippen LogP contribution < -0.4 is 4.74 Å². The fraction of sp³-hybridized carbons (Fsp3) is 0.143. The highest BCUT2D eigenvalue weighted by Crippen LogP contribution is 2.32. The average Bonchev–Trinajstić information content (AvgIpc) is 3.16. The Bertz CT molecular complexity index is 1020. The Morgan fingerprint density at radius 1 is 0.923 bits per heavy atom. The monoisotopic (exact) mass is 362 g/mol. The molecule has 0 spiro atoms. The van der Waals surface area contributed by atoms with Gasteiger partial charge in [-0.2, -0.15) is 0 Å². The topological polar surface area (TPSA) is 48.2 Å². The fourth-order valence-corrected chi connectivity index (χ4v) is 3.63. The SMILES string of the molecule is CCOc1ccccc1-c1nnc(SCc2cccc3ccccc23)o1. The van der Waals surface area contributed by atoms with Crippen LogP contribution in [0.2, 0.25) is 0 Å². The molecule has 0 aliphatic carbocycles. The zero-order valence-corrected chi connectivity index (χ0v) is 15.2. The molecule has 0 atom stereocenters. The molecule has 4 rings (SSSR count). The van der Waals surface area contributed by atoms with E-state index in [2.05, 4.69) is 52.7 Å². The van der Waals surface area contributed by atoms with E-state index in [1.165, 1.54) is 16.3 Å². The zero-order chi connectivity index (χ0) is 17.8. The molecule has 4 nitrogen and oxygen atoms in total. The van der Waals surface area contributed by atoms with Gasteiger partial charge < -0.3 is 9.15 Å². The average molecular weight is 362 g/mol. The zero-order valence-electron chi connectivity index (χ0n) is 14.4. The highest BCUT2D eigenvalue weighted by molar-refractivity contribution is 7.98. The van der Waals surface area contributed by atoms with Crippen molar-refractivity contribution in [3.63, 3.8) is 0 Å². The molecule has 1 aromatic heterocycles. The van der Waals surface area contributed by atoms with E-state index in [0.29, 0.717) is 17.7 Å². The fourth-order valence-electron chi connectivity index (χ4n) is 2.86. The number of ether oxygens (including phenoxy) is 1.